The molecule has 0 atom stereocenters. The smallest absolute Gasteiger partial charge is 0.291 e. The second kappa shape index (κ2) is 7.99. The van der Waals surface area contributed by atoms with Crippen molar-refractivity contribution < 1.29 is 19.4 Å². The molecule has 0 spiro atoms. The Labute approximate surface area is 190 Å². The van der Waals surface area contributed by atoms with E-state index in [-0.39, 0.29) is 10.1 Å². The fourth-order valence-electron chi connectivity index (χ4n) is 3.65. The van der Waals surface area contributed by atoms with E-state index in [0.29, 0.717) is 40.0 Å². The van der Waals surface area contributed by atoms with Gasteiger partial charge in [0.25, 0.3) is 11.5 Å². The molecule has 3 heterocycles. The van der Waals surface area contributed by atoms with Crippen LogP contribution in [0.5, 0.6) is 5.75 Å². The topological polar surface area (TPSA) is 117 Å². The highest BCUT2D eigenvalue weighted by molar-refractivity contribution is 7.15. The minimum absolute atomic E-state index is 0.138. The van der Waals surface area contributed by atoms with Gasteiger partial charge in [0.05, 0.1) is 23.8 Å². The minimum atomic E-state index is -1.39. The van der Waals surface area contributed by atoms with Crippen molar-refractivity contribution in [2.75, 3.05) is 18.1 Å². The maximum atomic E-state index is 13.1. The Balaban J connectivity index is 1.59. The van der Waals surface area contributed by atoms with E-state index in [9.17, 15) is 19.5 Å². The lowest BCUT2D eigenvalue weighted by atomic mass is 10.1. The van der Waals surface area contributed by atoms with Crippen molar-refractivity contribution in [2.24, 2.45) is 0 Å². The van der Waals surface area contributed by atoms with Crippen LogP contribution in [0.2, 0.25) is 0 Å². The number of carbonyl (C=O) groups is 2. The van der Waals surface area contributed by atoms with Crippen LogP contribution < -0.4 is 24.8 Å². The normalized spacial score (nSPS) is 14.5. The third-order valence-electron chi connectivity index (χ3n) is 5.08. The van der Waals surface area contributed by atoms with E-state index < -0.39 is 24.0 Å². The van der Waals surface area contributed by atoms with Gasteiger partial charge in [0, 0.05) is 11.1 Å². The first-order valence-electron chi connectivity index (χ1n) is 9.87. The molecule has 0 unspecified atom stereocenters. The van der Waals surface area contributed by atoms with Gasteiger partial charge in [-0.2, -0.15) is 9.50 Å². The number of thiazole rings is 1. The van der Waals surface area contributed by atoms with E-state index in [1.165, 1.54) is 0 Å². The van der Waals surface area contributed by atoms with Gasteiger partial charge in [-0.15, -0.1) is 5.10 Å². The average Bonchev–Trinajstić information content (AvgIpc) is 3.44. The SMILES string of the molecule is C=CCOc1ccc(-c2nc3sc(=C4C(=O)N(CC(=O)[O-])c5ccccc54)c(=O)n3n2)cc1. The summed E-state index contributed by atoms with van der Waals surface area (Å²) in [6.07, 6.45) is 1.65. The third-order valence-corrected chi connectivity index (χ3v) is 6.10. The maximum absolute atomic E-state index is 13.1. The number of hydrogen-bond acceptors (Lipinski definition) is 8. The number of rotatable bonds is 6. The van der Waals surface area contributed by atoms with Crippen molar-refractivity contribution in [3.8, 4) is 17.1 Å². The molecule has 2 aromatic carbocycles. The molecular weight excluding hydrogens is 444 g/mol. The molecule has 10 heteroatoms. The van der Waals surface area contributed by atoms with Crippen LogP contribution in [0.1, 0.15) is 5.56 Å². The number of carbonyl (C=O) groups excluding carboxylic acids is 2. The average molecular weight is 459 g/mol. The van der Waals surface area contributed by atoms with Crippen molar-refractivity contribution in [3.05, 3.63) is 81.6 Å². The van der Waals surface area contributed by atoms with E-state index >= 15 is 0 Å². The molecule has 0 aliphatic carbocycles. The predicted molar refractivity (Wildman–Crippen MR) is 120 cm³/mol. The first-order chi connectivity index (χ1) is 16.0. The molecule has 1 aliphatic heterocycles. The Morgan fingerprint density at radius 1 is 1.15 bits per heavy atom. The number of amides is 1. The molecule has 1 aliphatic rings. The molecule has 0 saturated heterocycles. The van der Waals surface area contributed by atoms with Crippen LogP contribution in [-0.2, 0) is 9.59 Å². The number of nitrogens with zero attached hydrogens (tertiary/aromatic N) is 4. The largest absolute Gasteiger partial charge is 0.548 e. The van der Waals surface area contributed by atoms with Crippen LogP contribution in [0, 0.1) is 0 Å². The number of aliphatic carboxylic acids is 1. The van der Waals surface area contributed by atoms with Gasteiger partial charge in [0.1, 0.15) is 16.9 Å². The highest BCUT2D eigenvalue weighted by Gasteiger charge is 2.34. The Kier molecular flexibility index (Phi) is 4.98. The van der Waals surface area contributed by atoms with Crippen molar-refractivity contribution >= 4 is 39.4 Å². The van der Waals surface area contributed by atoms with E-state index in [1.807, 2.05) is 0 Å². The van der Waals surface area contributed by atoms with Crippen LogP contribution in [0.3, 0.4) is 0 Å². The predicted octanol–water partition coefficient (Wildman–Crippen LogP) is 0.397. The number of carboxylic acids is 1. The summed E-state index contributed by atoms with van der Waals surface area (Å²) in [6.45, 7) is 3.39. The second-order valence-electron chi connectivity index (χ2n) is 7.15. The van der Waals surface area contributed by atoms with Crippen LogP contribution in [0.15, 0.2) is 66.0 Å². The molecule has 0 radical (unpaired) electrons. The summed E-state index contributed by atoms with van der Waals surface area (Å²) >= 11 is 1.03. The van der Waals surface area contributed by atoms with Gasteiger partial charge >= 0.3 is 0 Å². The summed E-state index contributed by atoms with van der Waals surface area (Å²) in [7, 11) is 0. The first kappa shape index (κ1) is 20.6. The van der Waals surface area contributed by atoms with Crippen molar-refractivity contribution in [1.29, 1.82) is 0 Å². The Morgan fingerprint density at radius 3 is 2.61 bits per heavy atom. The molecule has 1 amide bonds. The van der Waals surface area contributed by atoms with Crippen molar-refractivity contribution in [3.63, 3.8) is 0 Å². The van der Waals surface area contributed by atoms with E-state index in [4.69, 9.17) is 4.74 Å². The van der Waals surface area contributed by atoms with Gasteiger partial charge in [-0.1, -0.05) is 42.2 Å². The summed E-state index contributed by atoms with van der Waals surface area (Å²) < 4.78 is 6.77. The molecule has 0 N–H and O–H groups in total. The molecule has 164 valence electrons. The highest BCUT2D eigenvalue weighted by atomic mass is 32.1. The summed E-state index contributed by atoms with van der Waals surface area (Å²) in [5.74, 6) is -0.934. The number of benzene rings is 2. The van der Waals surface area contributed by atoms with Crippen molar-refractivity contribution in [2.45, 2.75) is 0 Å². The molecule has 2 aromatic heterocycles. The summed E-state index contributed by atoms with van der Waals surface area (Å²) in [6, 6.07) is 13.8. The van der Waals surface area contributed by atoms with Crippen LogP contribution in [-0.4, -0.2) is 39.6 Å². The fraction of sp³-hybridized carbons (Fsp3) is 0.0870. The molecule has 0 bridgehead atoms. The summed E-state index contributed by atoms with van der Waals surface area (Å²) in [5.41, 5.74) is 1.25. The molecule has 0 saturated carbocycles. The monoisotopic (exact) mass is 459 g/mol. The molecule has 33 heavy (non-hydrogen) atoms. The minimum Gasteiger partial charge on any atom is -0.548 e. The third kappa shape index (κ3) is 3.46. The highest BCUT2D eigenvalue weighted by Crippen LogP contribution is 2.34. The molecule has 4 aromatic rings. The van der Waals surface area contributed by atoms with E-state index in [0.717, 1.165) is 20.8 Å². The summed E-state index contributed by atoms with van der Waals surface area (Å²) in [5, 5.41) is 15.5. The van der Waals surface area contributed by atoms with Gasteiger partial charge in [0.2, 0.25) is 4.96 Å². The van der Waals surface area contributed by atoms with Crippen LogP contribution in [0.25, 0.3) is 21.9 Å². The van der Waals surface area contributed by atoms with Crippen LogP contribution >= 0.6 is 11.3 Å². The second-order valence-corrected chi connectivity index (χ2v) is 8.12. The van der Waals surface area contributed by atoms with Gasteiger partial charge < -0.3 is 19.5 Å². The van der Waals surface area contributed by atoms with E-state index in [2.05, 4.69) is 16.7 Å². The van der Waals surface area contributed by atoms with E-state index in [1.54, 1.807) is 54.6 Å². The van der Waals surface area contributed by atoms with Gasteiger partial charge in [-0.25, -0.2) is 0 Å². The number of para-hydroxylation sites is 1. The molecule has 9 nitrogen and oxygen atoms in total. The molecule has 5 rings (SSSR count). The maximum Gasteiger partial charge on any atom is 0.291 e. The molecule has 0 fully saturated rings. The van der Waals surface area contributed by atoms with Crippen molar-refractivity contribution in [1.82, 2.24) is 14.6 Å². The zero-order valence-corrected chi connectivity index (χ0v) is 17.9. The number of ether oxygens (including phenoxy) is 1. The number of fused-ring (bicyclic) bond motifs is 2. The Morgan fingerprint density at radius 2 is 1.91 bits per heavy atom. The zero-order chi connectivity index (χ0) is 23.1. The number of hydrogen-bond donors (Lipinski definition) is 0. The number of aromatic nitrogens is 3. The standard InChI is InChI=1S/C23H16N4O5S/c1-2-11-32-14-9-7-13(8-10-14)20-24-23-27(25-20)22(31)19(33-23)18-15-5-3-4-6-16(15)26(21(18)30)12-17(28)29/h2-10H,1,11-12H2,(H,28,29)/p-1. The Bertz CT molecular complexity index is 1540. The zero-order valence-electron chi connectivity index (χ0n) is 17.1. The Hall–Kier alpha value is -4.31. The van der Waals surface area contributed by atoms with Gasteiger partial charge in [-0.3, -0.25) is 9.59 Å². The lowest BCUT2D eigenvalue weighted by molar-refractivity contribution is -0.303. The lowest BCUT2D eigenvalue weighted by Crippen LogP contribution is -2.40. The first-order valence-corrected chi connectivity index (χ1v) is 10.7. The van der Waals surface area contributed by atoms with Crippen LogP contribution in [0.4, 0.5) is 5.69 Å². The number of anilines is 1. The lowest BCUT2D eigenvalue weighted by Gasteiger charge is -2.17. The van der Waals surface area contributed by atoms with Gasteiger partial charge in [0.15, 0.2) is 5.82 Å². The van der Waals surface area contributed by atoms with Gasteiger partial charge in [-0.05, 0) is 30.3 Å². The quantitative estimate of drug-likeness (QED) is 0.383. The number of carboxylic acid groups (broad SMARTS) is 1. The molecular formula is C23H15N4O5S-. The fourth-order valence-corrected chi connectivity index (χ4v) is 4.65. The summed E-state index contributed by atoms with van der Waals surface area (Å²) in [4.78, 5) is 43.2.